The third kappa shape index (κ3) is 3.23. The molecule has 0 amide bonds. The molecule has 1 aliphatic rings. The molecule has 0 aromatic rings. The number of piperidine rings is 1. The van der Waals surface area contributed by atoms with Crippen molar-refractivity contribution in [1.29, 1.82) is 0 Å². The maximum atomic E-state index is 8.98. The summed E-state index contributed by atoms with van der Waals surface area (Å²) in [5, 5.41) is 12.5. The van der Waals surface area contributed by atoms with Crippen LogP contribution in [0.2, 0.25) is 0 Å². The van der Waals surface area contributed by atoms with E-state index >= 15 is 0 Å². The third-order valence-electron chi connectivity index (χ3n) is 3.21. The van der Waals surface area contributed by atoms with Gasteiger partial charge in [0.1, 0.15) is 0 Å². The molecule has 1 aliphatic heterocycles. The summed E-state index contributed by atoms with van der Waals surface area (Å²) in [5.74, 6) is 0.692. The molecular formula is C11H24N2O. The Kier molecular flexibility index (Phi) is 4.85. The van der Waals surface area contributed by atoms with Gasteiger partial charge in [-0.3, -0.25) is 0 Å². The second-order valence-electron chi connectivity index (χ2n) is 4.52. The molecular weight excluding hydrogens is 176 g/mol. The van der Waals surface area contributed by atoms with E-state index < -0.39 is 0 Å². The Balaban J connectivity index is 2.34. The lowest BCUT2D eigenvalue weighted by Crippen LogP contribution is -2.51. The number of nitrogens with zero attached hydrogens (tertiary/aromatic N) is 1. The van der Waals surface area contributed by atoms with Crippen molar-refractivity contribution in [3.8, 4) is 0 Å². The Morgan fingerprint density at radius 3 is 2.79 bits per heavy atom. The van der Waals surface area contributed by atoms with E-state index in [-0.39, 0.29) is 12.6 Å². The van der Waals surface area contributed by atoms with E-state index in [1.807, 2.05) is 6.92 Å². The minimum atomic E-state index is 0.232. The summed E-state index contributed by atoms with van der Waals surface area (Å²) in [6.45, 7) is 10.3. The average molecular weight is 200 g/mol. The van der Waals surface area contributed by atoms with Crippen LogP contribution in [-0.4, -0.2) is 48.3 Å². The largest absolute Gasteiger partial charge is 0.395 e. The van der Waals surface area contributed by atoms with Crippen molar-refractivity contribution in [3.05, 3.63) is 0 Å². The lowest BCUT2D eigenvalue weighted by molar-refractivity contribution is 0.136. The summed E-state index contributed by atoms with van der Waals surface area (Å²) in [6, 6.07) is 0.815. The quantitative estimate of drug-likeness (QED) is 0.701. The second-order valence-corrected chi connectivity index (χ2v) is 4.52. The van der Waals surface area contributed by atoms with E-state index in [1.165, 1.54) is 19.5 Å². The molecule has 1 saturated heterocycles. The minimum Gasteiger partial charge on any atom is -0.395 e. The van der Waals surface area contributed by atoms with Gasteiger partial charge in [0.05, 0.1) is 6.61 Å². The van der Waals surface area contributed by atoms with Crippen LogP contribution in [0.25, 0.3) is 0 Å². The van der Waals surface area contributed by atoms with Crippen LogP contribution in [0.4, 0.5) is 0 Å². The van der Waals surface area contributed by atoms with Crippen LogP contribution in [0.3, 0.4) is 0 Å². The average Bonchev–Trinajstić information content (AvgIpc) is 2.20. The van der Waals surface area contributed by atoms with Crippen LogP contribution in [0, 0.1) is 5.92 Å². The van der Waals surface area contributed by atoms with Gasteiger partial charge in [-0.25, -0.2) is 0 Å². The topological polar surface area (TPSA) is 35.5 Å². The van der Waals surface area contributed by atoms with Gasteiger partial charge in [-0.15, -0.1) is 0 Å². The van der Waals surface area contributed by atoms with Gasteiger partial charge < -0.3 is 15.3 Å². The molecule has 2 N–H and O–H groups in total. The zero-order valence-electron chi connectivity index (χ0n) is 9.66. The molecule has 0 aromatic heterocycles. The number of likely N-dealkylation sites (tertiary alicyclic amines) is 1. The molecule has 0 aliphatic carbocycles. The van der Waals surface area contributed by atoms with Crippen molar-refractivity contribution in [1.82, 2.24) is 10.2 Å². The van der Waals surface area contributed by atoms with Gasteiger partial charge in [0.25, 0.3) is 0 Å². The first-order chi connectivity index (χ1) is 6.67. The van der Waals surface area contributed by atoms with E-state index in [1.54, 1.807) is 0 Å². The van der Waals surface area contributed by atoms with Crippen LogP contribution in [0.1, 0.15) is 27.2 Å². The molecule has 1 fully saturated rings. The van der Waals surface area contributed by atoms with Gasteiger partial charge in [-0.05, 0) is 32.4 Å². The van der Waals surface area contributed by atoms with Crippen molar-refractivity contribution in [2.75, 3.05) is 26.2 Å². The van der Waals surface area contributed by atoms with Crippen LogP contribution in [-0.2, 0) is 0 Å². The second kappa shape index (κ2) is 5.69. The summed E-state index contributed by atoms with van der Waals surface area (Å²) in [6.07, 6.45) is 1.21. The predicted molar refractivity (Wildman–Crippen MR) is 59.4 cm³/mol. The minimum absolute atomic E-state index is 0.232. The number of hydrogen-bond donors (Lipinski definition) is 2. The van der Waals surface area contributed by atoms with Gasteiger partial charge in [-0.1, -0.05) is 13.8 Å². The molecule has 14 heavy (non-hydrogen) atoms. The molecule has 0 saturated carbocycles. The molecule has 84 valence electrons. The van der Waals surface area contributed by atoms with E-state index in [9.17, 15) is 0 Å². The van der Waals surface area contributed by atoms with Crippen molar-refractivity contribution >= 4 is 0 Å². The molecule has 0 aromatic carbocycles. The zero-order chi connectivity index (χ0) is 10.6. The fourth-order valence-electron chi connectivity index (χ4n) is 2.18. The number of aliphatic hydroxyl groups is 1. The summed E-state index contributed by atoms with van der Waals surface area (Å²) in [4.78, 5) is 2.49. The summed E-state index contributed by atoms with van der Waals surface area (Å²) < 4.78 is 0. The fourth-order valence-corrected chi connectivity index (χ4v) is 2.18. The van der Waals surface area contributed by atoms with E-state index in [4.69, 9.17) is 5.11 Å². The van der Waals surface area contributed by atoms with Crippen molar-refractivity contribution < 1.29 is 5.11 Å². The highest BCUT2D eigenvalue weighted by atomic mass is 16.3. The number of aliphatic hydroxyl groups excluding tert-OH is 1. The molecule has 0 radical (unpaired) electrons. The maximum absolute atomic E-state index is 8.98. The highest BCUT2D eigenvalue weighted by Crippen LogP contribution is 2.16. The Morgan fingerprint density at radius 1 is 1.57 bits per heavy atom. The first-order valence-electron chi connectivity index (χ1n) is 5.76. The number of hydrogen-bond acceptors (Lipinski definition) is 3. The van der Waals surface area contributed by atoms with E-state index in [2.05, 4.69) is 24.1 Å². The predicted octanol–water partition coefficient (Wildman–Crippen LogP) is 0.687. The van der Waals surface area contributed by atoms with E-state index in [0.717, 1.165) is 6.54 Å². The first kappa shape index (κ1) is 12.0. The molecule has 3 unspecified atom stereocenters. The highest BCUT2D eigenvalue weighted by Gasteiger charge is 2.25. The van der Waals surface area contributed by atoms with Gasteiger partial charge in [0, 0.05) is 18.6 Å². The Bertz CT molecular complexity index is 163. The fraction of sp³-hybridized carbons (Fsp3) is 1.00. The SMILES string of the molecule is CCN1CCC(NC(C)CO)C(C)C1. The van der Waals surface area contributed by atoms with E-state index in [0.29, 0.717) is 12.0 Å². The zero-order valence-corrected chi connectivity index (χ0v) is 9.66. The van der Waals surface area contributed by atoms with Gasteiger partial charge in [-0.2, -0.15) is 0 Å². The normalized spacial score (nSPS) is 31.7. The summed E-state index contributed by atoms with van der Waals surface area (Å²) in [5.41, 5.74) is 0. The van der Waals surface area contributed by atoms with Crippen molar-refractivity contribution in [2.45, 2.75) is 39.3 Å². The molecule has 0 bridgehead atoms. The highest BCUT2D eigenvalue weighted by molar-refractivity contribution is 4.83. The molecule has 1 rings (SSSR count). The summed E-state index contributed by atoms with van der Waals surface area (Å²) >= 11 is 0. The van der Waals surface area contributed by atoms with Gasteiger partial charge in [0.15, 0.2) is 0 Å². The van der Waals surface area contributed by atoms with Gasteiger partial charge >= 0.3 is 0 Å². The molecule has 3 atom stereocenters. The lowest BCUT2D eigenvalue weighted by atomic mass is 9.93. The van der Waals surface area contributed by atoms with Crippen LogP contribution in [0.5, 0.6) is 0 Å². The molecule has 3 heteroatoms. The molecule has 0 spiro atoms. The van der Waals surface area contributed by atoms with Crippen molar-refractivity contribution in [3.63, 3.8) is 0 Å². The first-order valence-corrected chi connectivity index (χ1v) is 5.76. The molecule has 3 nitrogen and oxygen atoms in total. The molecule has 1 heterocycles. The lowest BCUT2D eigenvalue weighted by Gasteiger charge is -2.38. The summed E-state index contributed by atoms with van der Waals surface area (Å²) in [7, 11) is 0. The Hall–Kier alpha value is -0.120. The van der Waals surface area contributed by atoms with Crippen LogP contribution < -0.4 is 5.32 Å². The number of nitrogens with one attached hydrogen (secondary N) is 1. The Morgan fingerprint density at radius 2 is 2.29 bits per heavy atom. The standard InChI is InChI=1S/C11H24N2O/c1-4-13-6-5-11(9(2)7-13)12-10(3)8-14/h9-12,14H,4-8H2,1-3H3. The van der Waals surface area contributed by atoms with Crippen LogP contribution in [0.15, 0.2) is 0 Å². The Labute approximate surface area is 87.5 Å². The smallest absolute Gasteiger partial charge is 0.0582 e. The van der Waals surface area contributed by atoms with Crippen molar-refractivity contribution in [2.24, 2.45) is 5.92 Å². The maximum Gasteiger partial charge on any atom is 0.0582 e. The van der Waals surface area contributed by atoms with Crippen LogP contribution >= 0.6 is 0 Å². The third-order valence-corrected chi connectivity index (χ3v) is 3.21. The number of rotatable bonds is 4. The van der Waals surface area contributed by atoms with Gasteiger partial charge in [0.2, 0.25) is 0 Å². The monoisotopic (exact) mass is 200 g/mol.